The summed E-state index contributed by atoms with van der Waals surface area (Å²) in [5.74, 6) is 0. The maximum Gasteiger partial charge on any atom is 0.416 e. The summed E-state index contributed by atoms with van der Waals surface area (Å²) >= 11 is 0. The molecule has 0 spiro atoms. The van der Waals surface area contributed by atoms with E-state index in [9.17, 15) is 36.2 Å². The monoisotopic (exact) mass is 483 g/mol. The van der Waals surface area contributed by atoms with Gasteiger partial charge in [-0.15, -0.1) is 0 Å². The average Bonchev–Trinajstić information content (AvgIpc) is 3.20. The molecular weight excluding hydrogens is 468 g/mol. The molecule has 4 aromatic rings. The summed E-state index contributed by atoms with van der Waals surface area (Å²) in [6, 6.07) is 3.38. The molecule has 0 bridgehead atoms. The van der Waals surface area contributed by atoms with Crippen molar-refractivity contribution in [1.82, 2.24) is 24.3 Å². The molecule has 0 radical (unpaired) electrons. The molecule has 1 N–H and O–H groups in total. The van der Waals surface area contributed by atoms with Gasteiger partial charge in [0.2, 0.25) is 0 Å². The van der Waals surface area contributed by atoms with Crippen molar-refractivity contribution in [3.8, 4) is 11.3 Å². The van der Waals surface area contributed by atoms with Crippen molar-refractivity contribution >= 4 is 10.9 Å². The van der Waals surface area contributed by atoms with Crippen LogP contribution in [0.15, 0.2) is 60.0 Å². The van der Waals surface area contributed by atoms with Crippen LogP contribution in [0.2, 0.25) is 0 Å². The number of hydrogen-bond acceptors (Lipinski definition) is 5. The number of aliphatic hydroxyl groups excluding tert-OH is 1. The third kappa shape index (κ3) is 4.38. The average molecular weight is 483 g/mol. The zero-order valence-corrected chi connectivity index (χ0v) is 17.2. The van der Waals surface area contributed by atoms with E-state index in [2.05, 4.69) is 15.1 Å². The minimum Gasteiger partial charge on any atom is -0.381 e. The molecule has 0 aliphatic carbocycles. The Kier molecular flexibility index (Phi) is 5.67. The van der Waals surface area contributed by atoms with Gasteiger partial charge in [0.05, 0.1) is 40.9 Å². The smallest absolute Gasteiger partial charge is 0.381 e. The Morgan fingerprint density at radius 2 is 1.68 bits per heavy atom. The number of benzene rings is 1. The fourth-order valence-corrected chi connectivity index (χ4v) is 3.49. The summed E-state index contributed by atoms with van der Waals surface area (Å²) in [6.45, 7) is 0. The largest absolute Gasteiger partial charge is 0.416 e. The first-order valence-electron chi connectivity index (χ1n) is 9.64. The van der Waals surface area contributed by atoms with Gasteiger partial charge in [-0.25, -0.2) is 4.98 Å². The van der Waals surface area contributed by atoms with Crippen LogP contribution in [0.5, 0.6) is 0 Å². The van der Waals surface area contributed by atoms with E-state index >= 15 is 0 Å². The van der Waals surface area contributed by atoms with E-state index in [4.69, 9.17) is 0 Å². The van der Waals surface area contributed by atoms with E-state index in [-0.39, 0.29) is 27.7 Å². The first-order chi connectivity index (χ1) is 15.9. The van der Waals surface area contributed by atoms with Gasteiger partial charge in [0, 0.05) is 24.4 Å². The number of rotatable bonds is 4. The standard InChI is InChI=1S/C21H15F6N5O2/c1-31-9-12(7-30-31)17(18(33)21(25,26)27)32-10-29-16-8-28-15(6-14(16)19(32)34)11-2-4-13(5-3-11)20(22,23)24/h2-10,17-18,33H,1H3. The number of pyridine rings is 1. The summed E-state index contributed by atoms with van der Waals surface area (Å²) in [6.07, 6.45) is -8.15. The van der Waals surface area contributed by atoms with Gasteiger partial charge in [-0.3, -0.25) is 19.0 Å². The quantitative estimate of drug-likeness (QED) is 0.448. The van der Waals surface area contributed by atoms with Gasteiger partial charge < -0.3 is 5.11 Å². The van der Waals surface area contributed by atoms with Crippen LogP contribution in [-0.4, -0.2) is 41.7 Å². The van der Waals surface area contributed by atoms with E-state index in [0.29, 0.717) is 4.57 Å². The number of nitrogens with zero attached hydrogens (tertiary/aromatic N) is 5. The number of aryl methyl sites for hydroxylation is 1. The van der Waals surface area contributed by atoms with Crippen LogP contribution < -0.4 is 5.56 Å². The Morgan fingerprint density at radius 1 is 1.00 bits per heavy atom. The maximum atomic E-state index is 13.4. The van der Waals surface area contributed by atoms with Gasteiger partial charge in [0.25, 0.3) is 5.56 Å². The number of hydrogen-bond donors (Lipinski definition) is 1. The summed E-state index contributed by atoms with van der Waals surface area (Å²) in [5.41, 5.74) is -1.42. The second-order valence-electron chi connectivity index (χ2n) is 7.50. The Labute approximate surface area is 186 Å². The highest BCUT2D eigenvalue weighted by molar-refractivity contribution is 5.81. The molecule has 4 rings (SSSR count). The van der Waals surface area contributed by atoms with Crippen molar-refractivity contribution in [2.45, 2.75) is 24.5 Å². The highest BCUT2D eigenvalue weighted by atomic mass is 19.4. The topological polar surface area (TPSA) is 85.8 Å². The lowest BCUT2D eigenvalue weighted by Gasteiger charge is -2.25. The van der Waals surface area contributed by atoms with Crippen molar-refractivity contribution in [3.05, 3.63) is 76.7 Å². The number of halogens is 6. The van der Waals surface area contributed by atoms with Gasteiger partial charge in [0.1, 0.15) is 6.04 Å². The Morgan fingerprint density at radius 3 is 2.24 bits per heavy atom. The predicted octanol–water partition coefficient (Wildman–Crippen LogP) is 3.72. The minimum atomic E-state index is -5.06. The zero-order valence-electron chi connectivity index (χ0n) is 17.2. The number of aliphatic hydroxyl groups is 1. The second kappa shape index (κ2) is 8.24. The number of fused-ring (bicyclic) bond motifs is 1. The molecule has 2 unspecified atom stereocenters. The van der Waals surface area contributed by atoms with Crippen molar-refractivity contribution in [2.75, 3.05) is 0 Å². The van der Waals surface area contributed by atoms with Crippen LogP contribution in [0.1, 0.15) is 17.2 Å². The van der Waals surface area contributed by atoms with E-state index < -0.39 is 35.6 Å². The Hall–Kier alpha value is -3.74. The molecule has 3 aromatic heterocycles. The normalized spacial score (nSPS) is 14.4. The van der Waals surface area contributed by atoms with E-state index in [1.807, 2.05) is 0 Å². The molecule has 178 valence electrons. The molecule has 3 heterocycles. The van der Waals surface area contributed by atoms with Crippen molar-refractivity contribution in [3.63, 3.8) is 0 Å². The number of aromatic nitrogens is 5. The van der Waals surface area contributed by atoms with Gasteiger partial charge in [0.15, 0.2) is 6.10 Å². The van der Waals surface area contributed by atoms with Gasteiger partial charge in [-0.05, 0) is 18.2 Å². The van der Waals surface area contributed by atoms with E-state index in [1.165, 1.54) is 30.2 Å². The first kappa shape index (κ1) is 23.4. The lowest BCUT2D eigenvalue weighted by molar-refractivity contribution is -0.213. The van der Waals surface area contributed by atoms with Crippen LogP contribution in [0.25, 0.3) is 22.2 Å². The predicted molar refractivity (Wildman–Crippen MR) is 108 cm³/mol. The lowest BCUT2D eigenvalue weighted by Crippen LogP contribution is -2.41. The third-order valence-electron chi connectivity index (χ3n) is 5.18. The van der Waals surface area contributed by atoms with Gasteiger partial charge in [-0.1, -0.05) is 12.1 Å². The van der Waals surface area contributed by atoms with E-state index in [1.54, 1.807) is 0 Å². The molecule has 0 saturated heterocycles. The van der Waals surface area contributed by atoms with Crippen LogP contribution in [0, 0.1) is 0 Å². The summed E-state index contributed by atoms with van der Waals surface area (Å²) in [4.78, 5) is 21.3. The van der Waals surface area contributed by atoms with Crippen LogP contribution in [0.4, 0.5) is 26.3 Å². The van der Waals surface area contributed by atoms with Crippen molar-refractivity contribution < 1.29 is 31.4 Å². The third-order valence-corrected chi connectivity index (χ3v) is 5.18. The molecular formula is C21H15F6N5O2. The van der Waals surface area contributed by atoms with Crippen molar-refractivity contribution in [1.29, 1.82) is 0 Å². The highest BCUT2D eigenvalue weighted by Gasteiger charge is 2.46. The molecule has 7 nitrogen and oxygen atoms in total. The molecule has 13 heteroatoms. The van der Waals surface area contributed by atoms with E-state index in [0.717, 1.165) is 36.8 Å². The zero-order chi connectivity index (χ0) is 24.8. The van der Waals surface area contributed by atoms with Crippen LogP contribution in [-0.2, 0) is 13.2 Å². The SMILES string of the molecule is Cn1cc(C(C(O)C(F)(F)F)n2cnc3cnc(-c4ccc(C(F)(F)F)cc4)cc3c2=O)cn1. The fourth-order valence-electron chi connectivity index (χ4n) is 3.49. The molecule has 0 saturated carbocycles. The van der Waals surface area contributed by atoms with Gasteiger partial charge >= 0.3 is 12.4 Å². The molecule has 0 aliphatic heterocycles. The molecule has 2 atom stereocenters. The summed E-state index contributed by atoms with van der Waals surface area (Å²) in [5, 5.41) is 13.7. The van der Waals surface area contributed by atoms with Crippen LogP contribution in [0.3, 0.4) is 0 Å². The fraction of sp³-hybridized carbons (Fsp3) is 0.238. The molecule has 0 fully saturated rings. The molecule has 1 aromatic carbocycles. The van der Waals surface area contributed by atoms with Crippen LogP contribution >= 0.6 is 0 Å². The summed E-state index contributed by atoms with van der Waals surface area (Å²) in [7, 11) is 1.46. The van der Waals surface area contributed by atoms with Gasteiger partial charge in [-0.2, -0.15) is 31.4 Å². The second-order valence-corrected chi connectivity index (χ2v) is 7.50. The highest BCUT2D eigenvalue weighted by Crippen LogP contribution is 2.33. The minimum absolute atomic E-state index is 0.0587. The maximum absolute atomic E-state index is 13.4. The molecule has 34 heavy (non-hydrogen) atoms. The Bertz CT molecular complexity index is 1390. The molecule has 0 amide bonds. The molecule has 0 aliphatic rings. The Balaban J connectivity index is 1.84. The first-order valence-corrected chi connectivity index (χ1v) is 9.64. The number of alkyl halides is 6. The lowest BCUT2D eigenvalue weighted by atomic mass is 10.0. The summed E-state index contributed by atoms with van der Waals surface area (Å²) < 4.78 is 80.6. The van der Waals surface area contributed by atoms with Crippen molar-refractivity contribution in [2.24, 2.45) is 7.05 Å².